The van der Waals surface area contributed by atoms with Crippen LogP contribution in [0.15, 0.2) is 18.2 Å². The monoisotopic (exact) mass is 312 g/mol. The first-order valence-corrected chi connectivity index (χ1v) is 7.89. The predicted molar refractivity (Wildman–Crippen MR) is 84.6 cm³/mol. The summed E-state index contributed by atoms with van der Waals surface area (Å²) in [5.41, 5.74) is 0.533. The molecule has 0 aromatic heterocycles. The fraction of sp³-hybridized carbons (Fsp3) is 0.429. The van der Waals surface area contributed by atoms with E-state index in [1.807, 2.05) is 13.2 Å². The highest BCUT2D eigenvalue weighted by Crippen LogP contribution is 2.23. The number of carbonyl (C=O) groups excluding carboxylic acids is 1. The molecule has 21 heavy (non-hydrogen) atoms. The molecule has 0 bridgehead atoms. The predicted octanol–water partition coefficient (Wildman–Crippen LogP) is 2.66. The Balaban J connectivity index is 2.74. The summed E-state index contributed by atoms with van der Waals surface area (Å²) in [7, 11) is 1.39. The molecule has 0 spiro atoms. The molecule has 7 heteroatoms. The number of nitrogens with one attached hydrogen (secondary N) is 2. The minimum Gasteiger partial charge on any atom is -0.496 e. The lowest BCUT2D eigenvalue weighted by Crippen LogP contribution is -2.39. The zero-order chi connectivity index (χ0) is 15.8. The molecule has 3 N–H and O–H groups in total. The SMILES string of the molecule is CCC(CSC)NC(=O)Nc1ccc(C(=O)O)c(OC)c1. The van der Waals surface area contributed by atoms with Crippen LogP contribution >= 0.6 is 11.8 Å². The minimum atomic E-state index is -1.08. The van der Waals surface area contributed by atoms with Gasteiger partial charge in [-0.1, -0.05) is 6.92 Å². The summed E-state index contributed by atoms with van der Waals surface area (Å²) in [5, 5.41) is 14.5. The molecule has 0 saturated carbocycles. The molecule has 0 fully saturated rings. The third kappa shape index (κ3) is 5.18. The van der Waals surface area contributed by atoms with Crippen molar-refractivity contribution in [3.05, 3.63) is 23.8 Å². The van der Waals surface area contributed by atoms with Crippen LogP contribution in [0.3, 0.4) is 0 Å². The van der Waals surface area contributed by atoms with E-state index in [4.69, 9.17) is 9.84 Å². The van der Waals surface area contributed by atoms with Crippen LogP contribution in [0.2, 0.25) is 0 Å². The summed E-state index contributed by atoms with van der Waals surface area (Å²) in [6.45, 7) is 2.01. The number of benzene rings is 1. The first-order chi connectivity index (χ1) is 10.0. The van der Waals surface area contributed by atoms with Crippen LogP contribution in [-0.2, 0) is 0 Å². The molecular formula is C14H20N2O4S. The lowest BCUT2D eigenvalue weighted by molar-refractivity contribution is 0.0693. The molecule has 0 aliphatic heterocycles. The third-order valence-electron chi connectivity index (χ3n) is 2.89. The average Bonchev–Trinajstić information content (AvgIpc) is 2.46. The molecule has 0 saturated heterocycles. The van der Waals surface area contributed by atoms with Crippen LogP contribution in [-0.4, -0.2) is 42.3 Å². The van der Waals surface area contributed by atoms with Crippen molar-refractivity contribution in [1.82, 2.24) is 5.32 Å². The van der Waals surface area contributed by atoms with E-state index in [1.165, 1.54) is 25.3 Å². The highest BCUT2D eigenvalue weighted by atomic mass is 32.2. The fourth-order valence-corrected chi connectivity index (χ4v) is 2.48. The lowest BCUT2D eigenvalue weighted by Gasteiger charge is -2.16. The molecule has 1 rings (SSSR count). The number of ether oxygens (including phenoxy) is 1. The van der Waals surface area contributed by atoms with Crippen LogP contribution in [0.4, 0.5) is 10.5 Å². The normalized spacial score (nSPS) is 11.6. The van der Waals surface area contributed by atoms with Gasteiger partial charge >= 0.3 is 12.0 Å². The van der Waals surface area contributed by atoms with Gasteiger partial charge in [-0.25, -0.2) is 9.59 Å². The molecule has 1 aromatic rings. The van der Waals surface area contributed by atoms with Crippen LogP contribution in [0.5, 0.6) is 5.75 Å². The van der Waals surface area contributed by atoms with Crippen LogP contribution in [0, 0.1) is 0 Å². The molecule has 0 aliphatic rings. The summed E-state index contributed by atoms with van der Waals surface area (Å²) in [6.07, 6.45) is 2.83. The zero-order valence-electron chi connectivity index (χ0n) is 12.3. The van der Waals surface area contributed by atoms with Gasteiger partial charge < -0.3 is 20.5 Å². The summed E-state index contributed by atoms with van der Waals surface area (Å²) >= 11 is 1.67. The van der Waals surface area contributed by atoms with Gasteiger partial charge in [0.25, 0.3) is 0 Å². The molecule has 2 amide bonds. The lowest BCUT2D eigenvalue weighted by atomic mass is 10.2. The number of aromatic carboxylic acids is 1. The van der Waals surface area contributed by atoms with Crippen molar-refractivity contribution in [2.45, 2.75) is 19.4 Å². The van der Waals surface area contributed by atoms with Gasteiger partial charge in [-0.2, -0.15) is 11.8 Å². The van der Waals surface area contributed by atoms with E-state index in [1.54, 1.807) is 11.8 Å². The number of carboxylic acids is 1. The largest absolute Gasteiger partial charge is 0.496 e. The van der Waals surface area contributed by atoms with Crippen molar-refractivity contribution in [3.8, 4) is 5.75 Å². The van der Waals surface area contributed by atoms with Crippen LogP contribution in [0.25, 0.3) is 0 Å². The first-order valence-electron chi connectivity index (χ1n) is 6.49. The zero-order valence-corrected chi connectivity index (χ0v) is 13.1. The number of carboxylic acid groups (broad SMARTS) is 1. The molecule has 1 atom stereocenters. The van der Waals surface area contributed by atoms with Gasteiger partial charge in [-0.05, 0) is 24.8 Å². The van der Waals surface area contributed by atoms with Gasteiger partial charge in [-0.15, -0.1) is 0 Å². The Bertz CT molecular complexity index is 508. The number of anilines is 1. The molecule has 1 unspecified atom stereocenters. The van der Waals surface area contributed by atoms with Gasteiger partial charge in [0, 0.05) is 23.5 Å². The third-order valence-corrected chi connectivity index (χ3v) is 3.62. The van der Waals surface area contributed by atoms with E-state index < -0.39 is 5.97 Å². The fourth-order valence-electron chi connectivity index (χ4n) is 1.76. The summed E-state index contributed by atoms with van der Waals surface area (Å²) in [6, 6.07) is 4.19. The molecule has 1 aromatic carbocycles. The van der Waals surface area contributed by atoms with E-state index in [2.05, 4.69) is 10.6 Å². The smallest absolute Gasteiger partial charge is 0.339 e. The number of urea groups is 1. The standard InChI is InChI=1S/C14H20N2O4S/c1-4-9(8-21-3)15-14(19)16-10-5-6-11(13(17)18)12(7-10)20-2/h5-7,9H,4,8H2,1-3H3,(H,17,18)(H2,15,16,19). The maximum Gasteiger partial charge on any atom is 0.339 e. The Labute approximate surface area is 128 Å². The Morgan fingerprint density at radius 2 is 2.14 bits per heavy atom. The maximum absolute atomic E-state index is 11.9. The molecular weight excluding hydrogens is 292 g/mol. The molecule has 6 nitrogen and oxygen atoms in total. The first kappa shape index (κ1) is 17.2. The average molecular weight is 312 g/mol. The second-order valence-electron chi connectivity index (χ2n) is 4.38. The Hall–Kier alpha value is -1.89. The Morgan fingerprint density at radius 1 is 1.43 bits per heavy atom. The van der Waals surface area contributed by atoms with E-state index in [-0.39, 0.29) is 23.4 Å². The number of hydrogen-bond donors (Lipinski definition) is 3. The summed E-state index contributed by atoms with van der Waals surface area (Å²) < 4.78 is 5.01. The quantitative estimate of drug-likeness (QED) is 0.720. The van der Waals surface area contributed by atoms with Crippen molar-refractivity contribution < 1.29 is 19.4 Å². The number of methoxy groups -OCH3 is 1. The Morgan fingerprint density at radius 3 is 2.67 bits per heavy atom. The molecule has 0 heterocycles. The second kappa shape index (κ2) is 8.41. The second-order valence-corrected chi connectivity index (χ2v) is 5.29. The number of hydrogen-bond acceptors (Lipinski definition) is 4. The number of carbonyl (C=O) groups is 2. The van der Waals surface area contributed by atoms with E-state index >= 15 is 0 Å². The van der Waals surface area contributed by atoms with Crippen molar-refractivity contribution >= 4 is 29.4 Å². The van der Waals surface area contributed by atoms with Crippen molar-refractivity contribution in [3.63, 3.8) is 0 Å². The van der Waals surface area contributed by atoms with Crippen molar-refractivity contribution in [2.75, 3.05) is 24.4 Å². The van der Waals surface area contributed by atoms with Crippen molar-refractivity contribution in [1.29, 1.82) is 0 Å². The topological polar surface area (TPSA) is 87.7 Å². The highest BCUT2D eigenvalue weighted by Gasteiger charge is 2.13. The number of thioether (sulfide) groups is 1. The van der Waals surface area contributed by atoms with E-state index in [0.29, 0.717) is 5.69 Å². The van der Waals surface area contributed by atoms with Gasteiger partial charge in [0.1, 0.15) is 11.3 Å². The highest BCUT2D eigenvalue weighted by molar-refractivity contribution is 7.98. The van der Waals surface area contributed by atoms with Gasteiger partial charge in [0.2, 0.25) is 0 Å². The molecule has 0 radical (unpaired) electrons. The van der Waals surface area contributed by atoms with E-state index in [9.17, 15) is 9.59 Å². The number of rotatable bonds is 7. The van der Waals surface area contributed by atoms with Crippen molar-refractivity contribution in [2.24, 2.45) is 0 Å². The van der Waals surface area contributed by atoms with E-state index in [0.717, 1.165) is 12.2 Å². The van der Waals surface area contributed by atoms with Crippen LogP contribution < -0.4 is 15.4 Å². The van der Waals surface area contributed by atoms with Gasteiger partial charge in [-0.3, -0.25) is 0 Å². The number of amides is 2. The summed E-state index contributed by atoms with van der Waals surface area (Å²) in [4.78, 5) is 22.9. The molecule has 116 valence electrons. The summed E-state index contributed by atoms with van der Waals surface area (Å²) in [5.74, 6) is -0.0316. The van der Waals surface area contributed by atoms with Gasteiger partial charge in [0.15, 0.2) is 0 Å². The Kier molecular flexibility index (Phi) is 6.87. The molecule has 0 aliphatic carbocycles. The van der Waals surface area contributed by atoms with Gasteiger partial charge in [0.05, 0.1) is 7.11 Å². The maximum atomic E-state index is 11.9. The van der Waals surface area contributed by atoms with Crippen LogP contribution in [0.1, 0.15) is 23.7 Å². The minimum absolute atomic E-state index is 0.0530.